The second kappa shape index (κ2) is 4.34. The van der Waals surface area contributed by atoms with Crippen LogP contribution in [-0.2, 0) is 17.1 Å². The van der Waals surface area contributed by atoms with E-state index in [2.05, 4.69) is 4.72 Å². The Labute approximate surface area is 102 Å². The first-order chi connectivity index (χ1) is 7.99. The maximum Gasteiger partial charge on any atom is 0.271 e. The van der Waals surface area contributed by atoms with Gasteiger partial charge in [-0.25, -0.2) is 8.42 Å². The van der Waals surface area contributed by atoms with Gasteiger partial charge >= 0.3 is 0 Å². The summed E-state index contributed by atoms with van der Waals surface area (Å²) >= 11 is 1.14. The molecule has 7 heteroatoms. The summed E-state index contributed by atoms with van der Waals surface area (Å²) in [6.45, 7) is 0. The van der Waals surface area contributed by atoms with E-state index < -0.39 is 10.0 Å². The molecule has 1 N–H and O–H groups in total. The fourth-order valence-corrected chi connectivity index (χ4v) is 3.31. The number of nitrogens with one attached hydrogen (secondary N) is 1. The predicted molar refractivity (Wildman–Crippen MR) is 66.8 cm³/mol. The molecule has 2 aromatic heterocycles. The Bertz CT molecular complexity index is 672. The molecular formula is C10H10N2O3S2. The summed E-state index contributed by atoms with van der Waals surface area (Å²) in [5.74, 6) is 0. The zero-order chi connectivity index (χ0) is 12.5. The SMILES string of the molecule is Cn1cc(NS(=O)(=O)c2cccs2)ccc1=O. The Morgan fingerprint density at radius 3 is 2.65 bits per heavy atom. The first kappa shape index (κ1) is 11.9. The average Bonchev–Trinajstić information content (AvgIpc) is 2.77. The van der Waals surface area contributed by atoms with Crippen LogP contribution in [0.1, 0.15) is 0 Å². The predicted octanol–water partition coefficient (Wildman–Crippen LogP) is 1.25. The lowest BCUT2D eigenvalue weighted by Gasteiger charge is -2.06. The fraction of sp³-hybridized carbons (Fsp3) is 0.100. The molecule has 0 radical (unpaired) electrons. The summed E-state index contributed by atoms with van der Waals surface area (Å²) in [5, 5.41) is 1.69. The number of nitrogens with zero attached hydrogens (tertiary/aromatic N) is 1. The quantitative estimate of drug-likeness (QED) is 0.912. The first-order valence-electron chi connectivity index (χ1n) is 4.72. The van der Waals surface area contributed by atoms with Crippen molar-refractivity contribution in [2.75, 3.05) is 4.72 Å². The summed E-state index contributed by atoms with van der Waals surface area (Å²) in [6, 6.07) is 5.94. The Morgan fingerprint density at radius 2 is 2.06 bits per heavy atom. The molecular weight excluding hydrogens is 260 g/mol. The summed E-state index contributed by atoms with van der Waals surface area (Å²) in [7, 11) is -1.99. The van der Waals surface area contributed by atoms with Crippen molar-refractivity contribution in [1.82, 2.24) is 4.57 Å². The largest absolute Gasteiger partial charge is 0.316 e. The van der Waals surface area contributed by atoms with E-state index in [1.165, 1.54) is 29.0 Å². The van der Waals surface area contributed by atoms with E-state index in [9.17, 15) is 13.2 Å². The highest BCUT2D eigenvalue weighted by Gasteiger charge is 2.15. The van der Waals surface area contributed by atoms with Gasteiger partial charge in [0, 0.05) is 19.3 Å². The molecule has 0 bridgehead atoms. The van der Waals surface area contributed by atoms with Crippen LogP contribution in [0.15, 0.2) is 44.8 Å². The van der Waals surface area contributed by atoms with Crippen LogP contribution in [0.3, 0.4) is 0 Å². The average molecular weight is 270 g/mol. The highest BCUT2D eigenvalue weighted by molar-refractivity contribution is 7.94. The van der Waals surface area contributed by atoms with Gasteiger partial charge in [-0.3, -0.25) is 9.52 Å². The Hall–Kier alpha value is -1.60. The van der Waals surface area contributed by atoms with Crippen molar-refractivity contribution >= 4 is 27.0 Å². The zero-order valence-corrected chi connectivity index (χ0v) is 10.6. The molecule has 0 amide bonds. The molecule has 0 unspecified atom stereocenters. The van der Waals surface area contributed by atoms with Crippen LogP contribution in [0.2, 0.25) is 0 Å². The van der Waals surface area contributed by atoms with E-state index in [1.807, 2.05) is 0 Å². The number of anilines is 1. The molecule has 2 rings (SSSR count). The number of aromatic nitrogens is 1. The van der Waals surface area contributed by atoms with Gasteiger partial charge in [0.15, 0.2) is 0 Å². The third-order valence-corrected chi connectivity index (χ3v) is 4.88. The molecule has 0 atom stereocenters. The van der Waals surface area contributed by atoms with Crippen LogP contribution < -0.4 is 10.3 Å². The van der Waals surface area contributed by atoms with Crippen LogP contribution in [-0.4, -0.2) is 13.0 Å². The normalized spacial score (nSPS) is 11.4. The third kappa shape index (κ3) is 2.56. The number of pyridine rings is 1. The number of sulfonamides is 1. The maximum absolute atomic E-state index is 11.9. The van der Waals surface area contributed by atoms with Crippen molar-refractivity contribution in [2.24, 2.45) is 7.05 Å². The highest BCUT2D eigenvalue weighted by Crippen LogP contribution is 2.19. The summed E-state index contributed by atoms with van der Waals surface area (Å²) < 4.78 is 27.7. The van der Waals surface area contributed by atoms with Gasteiger partial charge in [0.1, 0.15) is 4.21 Å². The number of hydrogen-bond donors (Lipinski definition) is 1. The van der Waals surface area contributed by atoms with E-state index in [-0.39, 0.29) is 9.77 Å². The first-order valence-corrected chi connectivity index (χ1v) is 7.08. The molecule has 17 heavy (non-hydrogen) atoms. The minimum atomic E-state index is -3.55. The van der Waals surface area contributed by atoms with Crippen molar-refractivity contribution < 1.29 is 8.42 Å². The van der Waals surface area contributed by atoms with E-state index in [4.69, 9.17) is 0 Å². The maximum atomic E-state index is 11.9. The van der Waals surface area contributed by atoms with Crippen molar-refractivity contribution in [1.29, 1.82) is 0 Å². The molecule has 0 aliphatic rings. The van der Waals surface area contributed by atoms with Crippen molar-refractivity contribution in [3.63, 3.8) is 0 Å². The lowest BCUT2D eigenvalue weighted by Crippen LogP contribution is -2.17. The third-order valence-electron chi connectivity index (χ3n) is 2.10. The van der Waals surface area contributed by atoms with Gasteiger partial charge in [0.25, 0.3) is 10.0 Å². The van der Waals surface area contributed by atoms with Gasteiger partial charge in [-0.15, -0.1) is 11.3 Å². The Kier molecular flexibility index (Phi) is 3.03. The summed E-state index contributed by atoms with van der Waals surface area (Å²) in [5.41, 5.74) is 0.171. The fourth-order valence-electron chi connectivity index (χ4n) is 1.28. The van der Waals surface area contributed by atoms with Crippen molar-refractivity contribution in [3.8, 4) is 0 Å². The Balaban J connectivity index is 2.33. The Morgan fingerprint density at radius 1 is 1.29 bits per heavy atom. The van der Waals surface area contributed by atoms with Gasteiger partial charge in [0.2, 0.25) is 5.56 Å². The van der Waals surface area contributed by atoms with Gasteiger partial charge in [-0.2, -0.15) is 0 Å². The van der Waals surface area contributed by atoms with Gasteiger partial charge < -0.3 is 4.57 Å². The zero-order valence-electron chi connectivity index (χ0n) is 8.95. The molecule has 0 spiro atoms. The minimum Gasteiger partial charge on any atom is -0.316 e. The van der Waals surface area contributed by atoms with E-state index in [0.29, 0.717) is 5.69 Å². The lowest BCUT2D eigenvalue weighted by molar-refractivity contribution is 0.603. The standard InChI is InChI=1S/C10H10N2O3S2/c1-12-7-8(4-5-9(12)13)11-17(14,15)10-3-2-6-16-10/h2-7,11H,1H3. The van der Waals surface area contributed by atoms with Gasteiger partial charge in [0.05, 0.1) is 5.69 Å². The minimum absolute atomic E-state index is 0.191. The molecule has 0 aliphatic carbocycles. The molecule has 0 aliphatic heterocycles. The lowest BCUT2D eigenvalue weighted by atomic mass is 10.4. The smallest absolute Gasteiger partial charge is 0.271 e. The summed E-state index contributed by atoms with van der Waals surface area (Å²) in [4.78, 5) is 11.2. The molecule has 0 saturated carbocycles. The van der Waals surface area contributed by atoms with E-state index in [0.717, 1.165) is 11.3 Å². The van der Waals surface area contributed by atoms with E-state index >= 15 is 0 Å². The van der Waals surface area contributed by atoms with Crippen molar-refractivity contribution in [2.45, 2.75) is 4.21 Å². The topological polar surface area (TPSA) is 68.2 Å². The molecule has 5 nitrogen and oxygen atoms in total. The van der Waals surface area contributed by atoms with Gasteiger partial charge in [-0.1, -0.05) is 6.07 Å². The van der Waals surface area contributed by atoms with Crippen LogP contribution in [0.5, 0.6) is 0 Å². The molecule has 2 aromatic rings. The van der Waals surface area contributed by atoms with Crippen molar-refractivity contribution in [3.05, 3.63) is 46.2 Å². The second-order valence-corrected chi connectivity index (χ2v) is 6.26. The molecule has 0 fully saturated rings. The molecule has 90 valence electrons. The molecule has 2 heterocycles. The number of thiophene rings is 1. The number of rotatable bonds is 3. The van der Waals surface area contributed by atoms with Crippen LogP contribution in [0.25, 0.3) is 0 Å². The van der Waals surface area contributed by atoms with Crippen LogP contribution >= 0.6 is 11.3 Å². The second-order valence-electron chi connectivity index (χ2n) is 3.40. The monoisotopic (exact) mass is 270 g/mol. The number of aryl methyl sites for hydroxylation is 1. The highest BCUT2D eigenvalue weighted by atomic mass is 32.2. The molecule has 0 saturated heterocycles. The van der Waals surface area contributed by atoms with Crippen LogP contribution in [0, 0.1) is 0 Å². The van der Waals surface area contributed by atoms with Crippen LogP contribution in [0.4, 0.5) is 5.69 Å². The summed E-state index contributed by atoms with van der Waals surface area (Å²) in [6.07, 6.45) is 1.44. The van der Waals surface area contributed by atoms with Gasteiger partial charge in [-0.05, 0) is 17.5 Å². The molecule has 0 aromatic carbocycles. The van der Waals surface area contributed by atoms with E-state index in [1.54, 1.807) is 18.5 Å². The number of hydrogen-bond acceptors (Lipinski definition) is 4.